The molecule has 2 aromatic heterocycles. The molecule has 4 rings (SSSR count). The molecular formula is C21H16ClFN4O3. The van der Waals surface area contributed by atoms with E-state index in [-0.39, 0.29) is 28.7 Å². The van der Waals surface area contributed by atoms with Gasteiger partial charge in [0.2, 0.25) is 0 Å². The fourth-order valence-electron chi connectivity index (χ4n) is 3.20. The number of aromatic nitrogens is 4. The highest BCUT2D eigenvalue weighted by Gasteiger charge is 2.22. The van der Waals surface area contributed by atoms with Crippen molar-refractivity contribution in [1.29, 1.82) is 0 Å². The van der Waals surface area contributed by atoms with Gasteiger partial charge in [0.1, 0.15) is 23.1 Å². The number of para-hydroxylation sites is 1. The van der Waals surface area contributed by atoms with Crippen LogP contribution in [0.4, 0.5) is 4.39 Å². The summed E-state index contributed by atoms with van der Waals surface area (Å²) >= 11 is 6.13. The molecule has 0 spiro atoms. The third kappa shape index (κ3) is 3.46. The molecule has 0 aliphatic rings. The Morgan fingerprint density at radius 1 is 1.17 bits per heavy atom. The van der Waals surface area contributed by atoms with Gasteiger partial charge in [-0.2, -0.15) is 5.10 Å². The Bertz CT molecular complexity index is 1330. The van der Waals surface area contributed by atoms with E-state index in [0.717, 1.165) is 0 Å². The number of carbonyl (C=O) groups is 1. The van der Waals surface area contributed by atoms with E-state index in [1.807, 2.05) is 0 Å². The smallest absolute Gasteiger partial charge is 0.343 e. The van der Waals surface area contributed by atoms with Gasteiger partial charge in [0.25, 0.3) is 5.56 Å². The van der Waals surface area contributed by atoms with Crippen LogP contribution in [0.2, 0.25) is 5.15 Å². The van der Waals surface area contributed by atoms with E-state index >= 15 is 0 Å². The van der Waals surface area contributed by atoms with Crippen LogP contribution in [0.3, 0.4) is 0 Å². The summed E-state index contributed by atoms with van der Waals surface area (Å²) < 4.78 is 21.5. The maximum Gasteiger partial charge on any atom is 0.343 e. The predicted octanol–water partition coefficient (Wildman–Crippen LogP) is 3.58. The number of benzene rings is 2. The number of rotatable bonds is 4. The van der Waals surface area contributed by atoms with Gasteiger partial charge in [-0.05, 0) is 43.3 Å². The minimum atomic E-state index is -0.682. The van der Waals surface area contributed by atoms with Gasteiger partial charge < -0.3 is 4.74 Å². The third-order valence-corrected chi connectivity index (χ3v) is 5.05. The Balaban J connectivity index is 1.77. The van der Waals surface area contributed by atoms with Crippen LogP contribution >= 0.6 is 11.6 Å². The molecule has 152 valence electrons. The van der Waals surface area contributed by atoms with Crippen molar-refractivity contribution >= 4 is 28.5 Å². The zero-order chi connectivity index (χ0) is 21.4. The Morgan fingerprint density at radius 2 is 1.87 bits per heavy atom. The Hall–Kier alpha value is -3.52. The molecule has 9 heteroatoms. The number of ether oxygens (including phenoxy) is 1. The van der Waals surface area contributed by atoms with E-state index in [1.165, 1.54) is 33.5 Å². The minimum absolute atomic E-state index is 0.149. The van der Waals surface area contributed by atoms with Crippen molar-refractivity contribution in [2.45, 2.75) is 13.5 Å². The monoisotopic (exact) mass is 426 g/mol. The second-order valence-corrected chi connectivity index (χ2v) is 6.97. The third-order valence-electron chi connectivity index (χ3n) is 4.62. The van der Waals surface area contributed by atoms with Gasteiger partial charge in [-0.3, -0.25) is 14.0 Å². The van der Waals surface area contributed by atoms with Crippen molar-refractivity contribution in [3.63, 3.8) is 0 Å². The van der Waals surface area contributed by atoms with Crippen molar-refractivity contribution < 1.29 is 13.9 Å². The number of esters is 1. The van der Waals surface area contributed by atoms with Gasteiger partial charge in [0, 0.05) is 7.05 Å². The lowest BCUT2D eigenvalue weighted by Gasteiger charge is -2.14. The molecule has 2 heterocycles. The Kier molecular flexibility index (Phi) is 5.09. The average molecular weight is 427 g/mol. The van der Waals surface area contributed by atoms with Crippen LogP contribution in [-0.2, 0) is 18.4 Å². The van der Waals surface area contributed by atoms with Crippen LogP contribution in [0.5, 0.6) is 0 Å². The first-order valence-electron chi connectivity index (χ1n) is 8.99. The van der Waals surface area contributed by atoms with Gasteiger partial charge in [0.15, 0.2) is 5.82 Å². The molecule has 0 saturated carbocycles. The standard InChI is InChI=1S/C21H16ClFN4O3/c1-12-18(19(22)26(2)25-12)21(29)30-11-17-24-16-6-4-3-5-15(16)20(28)27(17)14-9-7-13(23)8-10-14/h3-10H,11H2,1-2H3. The first-order valence-corrected chi connectivity index (χ1v) is 9.37. The van der Waals surface area contributed by atoms with Crippen LogP contribution in [0.1, 0.15) is 21.9 Å². The highest BCUT2D eigenvalue weighted by Crippen LogP contribution is 2.21. The lowest BCUT2D eigenvalue weighted by atomic mass is 10.2. The fraction of sp³-hybridized carbons (Fsp3) is 0.143. The largest absolute Gasteiger partial charge is 0.454 e. The van der Waals surface area contributed by atoms with Crippen molar-refractivity contribution in [1.82, 2.24) is 19.3 Å². The number of hydrogen-bond acceptors (Lipinski definition) is 5. The van der Waals surface area contributed by atoms with E-state index < -0.39 is 11.8 Å². The molecule has 0 aliphatic carbocycles. The van der Waals surface area contributed by atoms with E-state index in [0.29, 0.717) is 22.3 Å². The molecule has 2 aromatic carbocycles. The summed E-state index contributed by atoms with van der Waals surface area (Å²) in [5.41, 5.74) is 1.09. The summed E-state index contributed by atoms with van der Waals surface area (Å²) in [4.78, 5) is 30.2. The molecule has 0 unspecified atom stereocenters. The summed E-state index contributed by atoms with van der Waals surface area (Å²) in [5, 5.41) is 4.64. The molecule has 0 amide bonds. The Morgan fingerprint density at radius 3 is 2.53 bits per heavy atom. The second-order valence-electron chi connectivity index (χ2n) is 6.61. The van der Waals surface area contributed by atoms with E-state index in [9.17, 15) is 14.0 Å². The summed E-state index contributed by atoms with van der Waals surface area (Å²) in [6.45, 7) is 1.35. The summed E-state index contributed by atoms with van der Waals surface area (Å²) in [6.07, 6.45) is 0. The molecule has 0 fully saturated rings. The molecule has 0 atom stereocenters. The zero-order valence-corrected chi connectivity index (χ0v) is 16.9. The SMILES string of the molecule is Cc1nn(C)c(Cl)c1C(=O)OCc1nc2ccccc2c(=O)n1-c1ccc(F)cc1. The number of halogens is 2. The second kappa shape index (κ2) is 7.72. The van der Waals surface area contributed by atoms with Crippen LogP contribution in [0.15, 0.2) is 53.3 Å². The zero-order valence-electron chi connectivity index (χ0n) is 16.1. The molecule has 0 radical (unpaired) electrons. The van der Waals surface area contributed by atoms with Crippen molar-refractivity contribution in [3.8, 4) is 5.69 Å². The first-order chi connectivity index (χ1) is 14.4. The number of nitrogens with zero attached hydrogens (tertiary/aromatic N) is 4. The van der Waals surface area contributed by atoms with Crippen molar-refractivity contribution in [2.24, 2.45) is 7.05 Å². The van der Waals surface area contributed by atoms with E-state index in [2.05, 4.69) is 10.1 Å². The van der Waals surface area contributed by atoms with Gasteiger partial charge in [-0.15, -0.1) is 0 Å². The highest BCUT2D eigenvalue weighted by atomic mass is 35.5. The lowest BCUT2D eigenvalue weighted by molar-refractivity contribution is 0.0458. The number of aryl methyl sites for hydroxylation is 2. The van der Waals surface area contributed by atoms with Crippen LogP contribution < -0.4 is 5.56 Å². The average Bonchev–Trinajstić information content (AvgIpc) is 2.99. The van der Waals surface area contributed by atoms with Gasteiger partial charge in [0.05, 0.1) is 22.3 Å². The molecule has 0 N–H and O–H groups in total. The topological polar surface area (TPSA) is 79.0 Å². The maximum atomic E-state index is 13.4. The van der Waals surface area contributed by atoms with Crippen LogP contribution in [-0.4, -0.2) is 25.3 Å². The van der Waals surface area contributed by atoms with Crippen molar-refractivity contribution in [2.75, 3.05) is 0 Å². The highest BCUT2D eigenvalue weighted by molar-refractivity contribution is 6.32. The summed E-state index contributed by atoms with van der Waals surface area (Å²) in [5.74, 6) is -0.926. The minimum Gasteiger partial charge on any atom is -0.454 e. The molecule has 4 aromatic rings. The maximum absolute atomic E-state index is 13.4. The molecule has 0 saturated heterocycles. The van der Waals surface area contributed by atoms with E-state index in [4.69, 9.17) is 16.3 Å². The van der Waals surface area contributed by atoms with Gasteiger partial charge >= 0.3 is 5.97 Å². The quantitative estimate of drug-likeness (QED) is 0.466. The van der Waals surface area contributed by atoms with Crippen molar-refractivity contribution in [3.05, 3.63) is 86.9 Å². The number of hydrogen-bond donors (Lipinski definition) is 0. The lowest BCUT2D eigenvalue weighted by Crippen LogP contribution is -2.25. The molecule has 0 aliphatic heterocycles. The molecular weight excluding hydrogens is 411 g/mol. The van der Waals surface area contributed by atoms with Gasteiger partial charge in [-0.1, -0.05) is 23.7 Å². The van der Waals surface area contributed by atoms with E-state index in [1.54, 1.807) is 38.2 Å². The number of fused-ring (bicyclic) bond motifs is 1. The normalized spacial score (nSPS) is 11.1. The Labute approximate surface area is 175 Å². The number of carbonyl (C=O) groups excluding carboxylic acids is 1. The molecule has 30 heavy (non-hydrogen) atoms. The fourth-order valence-corrected chi connectivity index (χ4v) is 3.45. The van der Waals surface area contributed by atoms with Gasteiger partial charge in [-0.25, -0.2) is 14.2 Å². The van der Waals surface area contributed by atoms with Crippen LogP contribution in [0, 0.1) is 12.7 Å². The molecule has 7 nitrogen and oxygen atoms in total. The van der Waals surface area contributed by atoms with Crippen LogP contribution in [0.25, 0.3) is 16.6 Å². The molecule has 0 bridgehead atoms. The summed E-state index contributed by atoms with van der Waals surface area (Å²) in [7, 11) is 1.61. The summed E-state index contributed by atoms with van der Waals surface area (Å²) in [6, 6.07) is 12.2. The predicted molar refractivity (Wildman–Crippen MR) is 109 cm³/mol. The first kappa shape index (κ1) is 19.8.